The molecule has 0 fully saturated rings. The molecule has 0 bridgehead atoms. The van der Waals surface area contributed by atoms with Crippen LogP contribution in [-0.2, 0) is 86.0 Å². The van der Waals surface area contributed by atoms with Crippen LogP contribution in [0.4, 0.5) is 110 Å². The van der Waals surface area contributed by atoms with Crippen molar-refractivity contribution in [3.8, 4) is 12.1 Å². The Bertz CT molecular complexity index is 2700. The van der Waals surface area contributed by atoms with Gasteiger partial charge >= 0.3 is 55.6 Å². The van der Waals surface area contributed by atoms with Gasteiger partial charge in [-0.05, 0) is 72.8 Å². The van der Waals surface area contributed by atoms with Crippen LogP contribution in [0.2, 0.25) is 0 Å². The van der Waals surface area contributed by atoms with E-state index < -0.39 is 229 Å². The number of hydrogen-bond donors (Lipinski definition) is 0. The van der Waals surface area contributed by atoms with E-state index in [9.17, 15) is 130 Å². The average molecular weight is 1160 g/mol. The van der Waals surface area contributed by atoms with E-state index in [1.807, 2.05) is 0 Å². The minimum absolute atomic E-state index is 0. The number of carbonyl (C=O) groups excluding carboxylic acids is 3. The molecule has 0 N–H and O–H groups in total. The fourth-order valence-corrected chi connectivity index (χ4v) is 5.68. The van der Waals surface area contributed by atoms with Gasteiger partial charge in [0, 0.05) is 39.3 Å². The Labute approximate surface area is 408 Å². The zero-order chi connectivity index (χ0) is 56.7. The number of carbonyl (C=O) groups is 3. The molecular weight excluding hydrogens is 1150 g/mol. The molecule has 0 unspecified atom stereocenters. The van der Waals surface area contributed by atoms with Gasteiger partial charge in [-0.25, -0.2) is 9.78 Å². The number of rotatable bonds is 10. The van der Waals surface area contributed by atoms with Crippen LogP contribution in [-0.4, -0.2) is 17.7 Å². The summed E-state index contributed by atoms with van der Waals surface area (Å²) in [6, 6.07) is -5.10. The fourth-order valence-electron chi connectivity index (χ4n) is 5.68. The molecule has 0 saturated carbocycles. The van der Waals surface area contributed by atoms with Crippen molar-refractivity contribution >= 4 is 29.2 Å². The molecule has 4 aromatic carbocycles. The van der Waals surface area contributed by atoms with E-state index in [4.69, 9.17) is 0 Å². The van der Waals surface area contributed by atoms with Crippen molar-refractivity contribution in [1.82, 2.24) is 0 Å². The van der Waals surface area contributed by atoms with Crippen molar-refractivity contribution in [3.63, 3.8) is 0 Å². The first-order valence-electron chi connectivity index (χ1n) is 18.2. The molecule has 0 amide bonds. The summed E-state index contributed by atoms with van der Waals surface area (Å²) in [5.74, 6) is -9.71. The molecule has 0 aromatic heterocycles. The molecule has 34 heteroatoms. The third kappa shape index (κ3) is 15.2. The van der Waals surface area contributed by atoms with Gasteiger partial charge in [-0.2, -0.15) is 121 Å². The van der Waals surface area contributed by atoms with Gasteiger partial charge in [-0.1, -0.05) is 0 Å². The number of Topliss-reactive ketones (excluding diaryl/α,β-unsaturated/α-hetero) is 2. The Hall–Kier alpha value is -7.61. The average Bonchev–Trinajstić information content (AvgIpc) is 3.25. The van der Waals surface area contributed by atoms with Crippen LogP contribution >= 0.6 is 0 Å². The summed E-state index contributed by atoms with van der Waals surface area (Å²) < 4.78 is 330. The molecule has 1 radical (unpaired) electrons. The van der Waals surface area contributed by atoms with E-state index in [2.05, 4.69) is 19.6 Å². The maximum atomic E-state index is 13.9. The third-order valence-electron chi connectivity index (χ3n) is 8.92. The number of nitriles is 2. The summed E-state index contributed by atoms with van der Waals surface area (Å²) in [6.07, 6.45) is -49.8. The van der Waals surface area contributed by atoms with Gasteiger partial charge < -0.3 is 0 Å². The SMILES string of the molecule is N#C/C(C(=O)c1cc(C(F)(F)F)cc(C(F)(F)F)c1)=C(/OOC(=O)OO/C(=C(/C#N)C(=O)c1cc(C(F)(F)F)cc(C(F)(F)F)c1)c1cc(C(F)(F)F)cc(C(F)(F)F)c1)c1cc(C(F)(F)F)cc(C(F)(F)F)c1.[Cu]. The van der Waals surface area contributed by atoms with E-state index >= 15 is 0 Å². The number of ketones is 2. The first-order chi connectivity index (χ1) is 33.4. The molecule has 0 saturated heterocycles. The molecule has 9 nitrogen and oxygen atoms in total. The second kappa shape index (κ2) is 21.3. The molecule has 4 aromatic rings. The van der Waals surface area contributed by atoms with E-state index in [0.717, 1.165) is 0 Å². The monoisotopic (exact) mass is 1160 g/mol. The van der Waals surface area contributed by atoms with E-state index in [1.54, 1.807) is 0 Å². The molecule has 0 aliphatic carbocycles. The topological polar surface area (TPSA) is 136 Å². The summed E-state index contributed by atoms with van der Waals surface area (Å²) in [4.78, 5) is 56.0. The Morgan fingerprint density at radius 3 is 0.640 bits per heavy atom. The first kappa shape index (κ1) is 61.7. The Kier molecular flexibility index (Phi) is 17.5. The molecule has 0 aliphatic heterocycles. The number of allylic oxidation sites excluding steroid dienone is 2. The smallest absolute Gasteiger partial charge is 0.288 e. The minimum Gasteiger partial charge on any atom is -0.288 e. The molecule has 4 rings (SSSR count). The van der Waals surface area contributed by atoms with Crippen molar-refractivity contribution in [2.75, 3.05) is 0 Å². The van der Waals surface area contributed by atoms with Gasteiger partial charge in [0.05, 0.1) is 44.5 Å². The van der Waals surface area contributed by atoms with Crippen molar-refractivity contribution in [1.29, 1.82) is 10.5 Å². The molecule has 407 valence electrons. The van der Waals surface area contributed by atoms with Crippen molar-refractivity contribution in [2.24, 2.45) is 0 Å². The van der Waals surface area contributed by atoms with Crippen LogP contribution in [0.1, 0.15) is 76.4 Å². The predicted molar refractivity (Wildman–Crippen MR) is 189 cm³/mol. The Balaban J connectivity index is 0.0000148. The second-order valence-electron chi connectivity index (χ2n) is 14.1. The van der Waals surface area contributed by atoms with E-state index in [0.29, 0.717) is 12.1 Å². The Morgan fingerprint density at radius 1 is 0.307 bits per heavy atom. The van der Waals surface area contributed by atoms with Gasteiger partial charge in [0.1, 0.15) is 23.3 Å². The van der Waals surface area contributed by atoms with Crippen LogP contribution < -0.4 is 0 Å². The normalized spacial score (nSPS) is 13.5. The number of alkyl halides is 24. The standard InChI is InChI=1S/C41H12F24N2O7.Cu/c42-34(43,44)19-1-15(2-20(9-19)35(45,46)47)29(68)27(13-66)31(17-5-23(38(54,55)56)11-24(6-17)39(57,58)59)71-73-33(70)74-72-32(18-7-25(40(60,61)62)12-26(8-18)41(63,64)65)28(14-67)30(69)16-3-21(36(48,49)50)10-22(4-16)37(51,52)53;/h1-12H;/b31-27-,32-28-;. The van der Waals surface area contributed by atoms with Gasteiger partial charge in [-0.3, -0.25) is 19.4 Å². The maximum absolute atomic E-state index is 13.9. The largest absolute Gasteiger partial charge is 0.591 e. The maximum Gasteiger partial charge on any atom is 0.591 e. The fraction of sp³-hybridized carbons (Fsp3) is 0.195. The first-order valence-corrected chi connectivity index (χ1v) is 18.2. The van der Waals surface area contributed by atoms with Crippen molar-refractivity contribution < 1.29 is 156 Å². The number of nitrogens with zero attached hydrogens (tertiary/aromatic N) is 2. The molecule has 0 heterocycles. The molecular formula is C41H12CuF24N2O7. The molecule has 0 atom stereocenters. The van der Waals surface area contributed by atoms with Gasteiger partial charge in [0.2, 0.25) is 23.1 Å². The molecule has 0 aliphatic rings. The number of hydrogen-bond acceptors (Lipinski definition) is 9. The van der Waals surface area contributed by atoms with Gasteiger partial charge in [0.25, 0.3) is 0 Å². The van der Waals surface area contributed by atoms with Crippen LogP contribution in [0.3, 0.4) is 0 Å². The summed E-state index contributed by atoms with van der Waals surface area (Å²) in [5.41, 5.74) is -31.3. The van der Waals surface area contributed by atoms with Crippen molar-refractivity contribution in [3.05, 3.63) is 151 Å². The summed E-state index contributed by atoms with van der Waals surface area (Å²) in [7, 11) is 0. The predicted octanol–water partition coefficient (Wildman–Crippen LogP) is 14.8. The molecule has 75 heavy (non-hydrogen) atoms. The molecule has 0 spiro atoms. The van der Waals surface area contributed by atoms with Gasteiger partial charge in [-0.15, -0.1) is 0 Å². The third-order valence-corrected chi connectivity index (χ3v) is 8.92. The quantitative estimate of drug-likeness (QED) is 0.0222. The number of halogens is 24. The summed E-state index contributed by atoms with van der Waals surface area (Å²) in [6.45, 7) is 0. The van der Waals surface area contributed by atoms with Gasteiger partial charge in [0.15, 0.2) is 0 Å². The van der Waals surface area contributed by atoms with Crippen molar-refractivity contribution in [2.45, 2.75) is 49.4 Å². The van der Waals surface area contributed by atoms with Crippen LogP contribution in [0.5, 0.6) is 0 Å². The van der Waals surface area contributed by atoms with Crippen LogP contribution in [0.25, 0.3) is 11.5 Å². The number of benzene rings is 4. The summed E-state index contributed by atoms with van der Waals surface area (Å²) >= 11 is 0. The minimum atomic E-state index is -5.90. The zero-order valence-electron chi connectivity index (χ0n) is 34.6. The van der Waals surface area contributed by atoms with E-state index in [1.165, 1.54) is 0 Å². The Morgan fingerprint density at radius 2 is 0.480 bits per heavy atom. The zero-order valence-corrected chi connectivity index (χ0v) is 35.5. The van der Waals surface area contributed by atoms with Crippen LogP contribution in [0, 0.1) is 22.7 Å². The summed E-state index contributed by atoms with van der Waals surface area (Å²) in [5, 5.41) is 19.7. The van der Waals surface area contributed by atoms with E-state index in [-0.39, 0.29) is 17.1 Å². The van der Waals surface area contributed by atoms with Crippen LogP contribution in [0.15, 0.2) is 83.9 Å². The second-order valence-corrected chi connectivity index (χ2v) is 14.1.